The largest absolute Gasteiger partial charge is 0.496 e. The second-order valence-electron chi connectivity index (χ2n) is 11.0. The number of carbonyl (C=O) groups excluding carboxylic acids is 1. The summed E-state index contributed by atoms with van der Waals surface area (Å²) in [5, 5.41) is 0. The lowest BCUT2D eigenvalue weighted by Crippen LogP contribution is -2.48. The monoisotopic (exact) mass is 429 g/mol. The van der Waals surface area contributed by atoms with Gasteiger partial charge in [-0.25, -0.2) is 0 Å². The average Bonchev–Trinajstić information content (AvgIpc) is 2.83. The van der Waals surface area contributed by atoms with Gasteiger partial charge in [-0.15, -0.1) is 0 Å². The minimum atomic E-state index is 0.181. The van der Waals surface area contributed by atoms with Crippen LogP contribution in [0.3, 0.4) is 0 Å². The molecule has 1 heterocycles. The highest BCUT2D eigenvalue weighted by atomic mass is 16.5. The molecule has 3 heteroatoms. The van der Waals surface area contributed by atoms with Gasteiger partial charge in [-0.05, 0) is 116 Å². The number of likely N-dealkylation sites (tertiary alicyclic amines) is 1. The Kier molecular flexibility index (Phi) is 5.04. The summed E-state index contributed by atoms with van der Waals surface area (Å²) >= 11 is 0. The first-order valence-corrected chi connectivity index (χ1v) is 12.7. The highest BCUT2D eigenvalue weighted by molar-refractivity contribution is 5.94. The van der Waals surface area contributed by atoms with Crippen molar-refractivity contribution in [2.45, 2.75) is 63.2 Å². The average molecular weight is 430 g/mol. The molecule has 32 heavy (non-hydrogen) atoms. The summed E-state index contributed by atoms with van der Waals surface area (Å²) in [6.07, 6.45) is 11.9. The zero-order valence-electron chi connectivity index (χ0n) is 19.3. The lowest BCUT2D eigenvalue weighted by atomic mass is 9.48. The molecule has 0 unspecified atom stereocenters. The van der Waals surface area contributed by atoms with Gasteiger partial charge in [-0.2, -0.15) is 0 Å². The Balaban J connectivity index is 1.30. The quantitative estimate of drug-likeness (QED) is 0.558. The van der Waals surface area contributed by atoms with Crippen LogP contribution in [-0.4, -0.2) is 31.0 Å². The van der Waals surface area contributed by atoms with E-state index in [-0.39, 0.29) is 5.91 Å². The van der Waals surface area contributed by atoms with Crippen molar-refractivity contribution in [2.24, 2.45) is 17.8 Å². The first-order chi connectivity index (χ1) is 15.6. The highest BCUT2D eigenvalue weighted by Crippen LogP contribution is 2.62. The third-order valence-corrected chi connectivity index (χ3v) is 8.92. The Hall–Kier alpha value is -2.29. The Morgan fingerprint density at radius 1 is 0.844 bits per heavy atom. The first-order valence-electron chi connectivity index (χ1n) is 12.7. The van der Waals surface area contributed by atoms with E-state index in [1.165, 1.54) is 61.6 Å². The lowest BCUT2D eigenvalue weighted by Gasteiger charge is -2.57. The van der Waals surface area contributed by atoms with E-state index in [1.54, 1.807) is 0 Å². The Labute approximate surface area is 192 Å². The maximum absolute atomic E-state index is 12.9. The fourth-order valence-corrected chi connectivity index (χ4v) is 7.83. The van der Waals surface area contributed by atoms with Crippen molar-refractivity contribution in [1.29, 1.82) is 0 Å². The summed E-state index contributed by atoms with van der Waals surface area (Å²) in [5.41, 5.74) is 4.98. The van der Waals surface area contributed by atoms with Crippen LogP contribution in [0.2, 0.25) is 0 Å². The highest BCUT2D eigenvalue weighted by Gasteiger charge is 2.52. The van der Waals surface area contributed by atoms with E-state index in [0.29, 0.717) is 5.41 Å². The Morgan fingerprint density at radius 2 is 1.44 bits per heavy atom. The second-order valence-corrected chi connectivity index (χ2v) is 11.0. The summed E-state index contributed by atoms with van der Waals surface area (Å²) in [6, 6.07) is 15.1. The maximum atomic E-state index is 12.9. The van der Waals surface area contributed by atoms with Crippen molar-refractivity contribution < 1.29 is 9.53 Å². The van der Waals surface area contributed by atoms with Gasteiger partial charge in [-0.1, -0.05) is 18.2 Å². The Bertz CT molecular complexity index is 967. The second kappa shape index (κ2) is 7.93. The molecule has 5 fully saturated rings. The predicted octanol–water partition coefficient (Wildman–Crippen LogP) is 6.46. The van der Waals surface area contributed by atoms with Crippen LogP contribution in [0.15, 0.2) is 42.5 Å². The summed E-state index contributed by atoms with van der Waals surface area (Å²) in [4.78, 5) is 14.9. The molecular weight excluding hydrogens is 394 g/mol. The molecule has 5 aliphatic rings. The van der Waals surface area contributed by atoms with Crippen LogP contribution in [0.25, 0.3) is 11.1 Å². The zero-order valence-corrected chi connectivity index (χ0v) is 19.3. The lowest BCUT2D eigenvalue weighted by molar-refractivity contribution is -0.00613. The van der Waals surface area contributed by atoms with E-state index in [4.69, 9.17) is 4.74 Å². The molecule has 3 nitrogen and oxygen atoms in total. The molecule has 0 atom stereocenters. The SMILES string of the molecule is COc1ccc(-c2ccc(C(=O)N3CCCCC3)cc2)cc1C12CC3CC(CC(C3)C1)C2. The molecule has 168 valence electrons. The number of hydrogen-bond donors (Lipinski definition) is 0. The fourth-order valence-electron chi connectivity index (χ4n) is 7.83. The molecule has 0 radical (unpaired) electrons. The van der Waals surface area contributed by atoms with Crippen molar-refractivity contribution in [3.63, 3.8) is 0 Å². The van der Waals surface area contributed by atoms with Crippen LogP contribution >= 0.6 is 0 Å². The van der Waals surface area contributed by atoms with Crippen LogP contribution in [0.4, 0.5) is 0 Å². The number of hydrogen-bond acceptors (Lipinski definition) is 2. The summed E-state index contributed by atoms with van der Waals surface area (Å²) in [7, 11) is 1.82. The minimum Gasteiger partial charge on any atom is -0.496 e. The van der Waals surface area contributed by atoms with Crippen molar-refractivity contribution in [3.05, 3.63) is 53.6 Å². The number of methoxy groups -OCH3 is 1. The molecule has 2 aromatic rings. The van der Waals surface area contributed by atoms with Crippen molar-refractivity contribution >= 4 is 5.91 Å². The third kappa shape index (κ3) is 3.45. The smallest absolute Gasteiger partial charge is 0.253 e. The number of benzene rings is 2. The van der Waals surface area contributed by atoms with Crippen molar-refractivity contribution in [3.8, 4) is 16.9 Å². The molecule has 4 bridgehead atoms. The topological polar surface area (TPSA) is 29.5 Å². The fraction of sp³-hybridized carbons (Fsp3) is 0.552. The molecule has 1 amide bonds. The molecule has 4 saturated carbocycles. The van der Waals surface area contributed by atoms with Gasteiger partial charge in [-0.3, -0.25) is 4.79 Å². The third-order valence-electron chi connectivity index (χ3n) is 8.92. The summed E-state index contributed by atoms with van der Waals surface area (Å²) < 4.78 is 5.89. The minimum absolute atomic E-state index is 0.181. The Morgan fingerprint density at radius 3 is 2.03 bits per heavy atom. The van der Waals surface area contributed by atoms with Gasteiger partial charge in [0.05, 0.1) is 7.11 Å². The van der Waals surface area contributed by atoms with E-state index in [2.05, 4.69) is 30.3 Å². The van der Waals surface area contributed by atoms with Crippen molar-refractivity contribution in [2.75, 3.05) is 20.2 Å². The van der Waals surface area contributed by atoms with Crippen LogP contribution in [0.5, 0.6) is 5.75 Å². The van der Waals surface area contributed by atoms with E-state index < -0.39 is 0 Å². The van der Waals surface area contributed by atoms with Gasteiger partial charge in [0.15, 0.2) is 0 Å². The van der Waals surface area contributed by atoms with E-state index in [9.17, 15) is 4.79 Å². The predicted molar refractivity (Wildman–Crippen MR) is 128 cm³/mol. The van der Waals surface area contributed by atoms with Gasteiger partial charge in [0, 0.05) is 24.2 Å². The molecule has 4 aliphatic carbocycles. The molecular formula is C29H35NO2. The number of rotatable bonds is 4. The number of ether oxygens (including phenoxy) is 1. The van der Waals surface area contributed by atoms with Gasteiger partial charge < -0.3 is 9.64 Å². The molecule has 7 rings (SSSR count). The van der Waals surface area contributed by atoms with E-state index in [1.807, 2.05) is 24.1 Å². The number of amides is 1. The first kappa shape index (κ1) is 20.3. The summed E-state index contributed by atoms with van der Waals surface area (Å²) in [5.74, 6) is 3.98. The molecule has 0 aromatic heterocycles. The molecule has 2 aromatic carbocycles. The zero-order chi connectivity index (χ0) is 21.7. The van der Waals surface area contributed by atoms with Crippen LogP contribution < -0.4 is 4.74 Å². The van der Waals surface area contributed by atoms with Crippen LogP contribution in [-0.2, 0) is 5.41 Å². The van der Waals surface area contributed by atoms with Gasteiger partial charge in [0.25, 0.3) is 5.91 Å². The van der Waals surface area contributed by atoms with Crippen molar-refractivity contribution in [1.82, 2.24) is 4.90 Å². The molecule has 0 N–H and O–H groups in total. The van der Waals surface area contributed by atoms with Gasteiger partial charge in [0.1, 0.15) is 5.75 Å². The standard InChI is InChI=1S/C29H35NO2/c1-32-27-10-9-25(16-26(27)29-17-20-13-21(18-29)15-22(14-20)19-29)23-5-7-24(8-6-23)28(31)30-11-3-2-4-12-30/h5-10,16,20-22H,2-4,11-15,17-19H2,1H3. The van der Waals surface area contributed by atoms with Crippen LogP contribution in [0, 0.1) is 17.8 Å². The number of carbonyl (C=O) groups is 1. The number of nitrogens with zero attached hydrogens (tertiary/aromatic N) is 1. The molecule has 1 aliphatic heterocycles. The maximum Gasteiger partial charge on any atom is 0.253 e. The van der Waals surface area contributed by atoms with Gasteiger partial charge in [0.2, 0.25) is 0 Å². The number of piperidine rings is 1. The van der Waals surface area contributed by atoms with E-state index >= 15 is 0 Å². The molecule has 1 saturated heterocycles. The van der Waals surface area contributed by atoms with Gasteiger partial charge >= 0.3 is 0 Å². The summed E-state index contributed by atoms with van der Waals surface area (Å²) in [6.45, 7) is 1.79. The van der Waals surface area contributed by atoms with Crippen LogP contribution in [0.1, 0.15) is 73.7 Å². The normalized spacial score (nSPS) is 31.0. The van der Waals surface area contributed by atoms with E-state index in [0.717, 1.165) is 55.0 Å². The molecule has 0 spiro atoms.